The highest BCUT2D eigenvalue weighted by molar-refractivity contribution is 6.30. The van der Waals surface area contributed by atoms with E-state index in [4.69, 9.17) is 16.3 Å². The smallest absolute Gasteiger partial charge is 0.338 e. The van der Waals surface area contributed by atoms with Gasteiger partial charge in [0.05, 0.1) is 5.56 Å². The monoisotopic (exact) mass is 335 g/mol. The van der Waals surface area contributed by atoms with Gasteiger partial charge in [-0.2, -0.15) is 0 Å². The lowest BCUT2D eigenvalue weighted by Crippen LogP contribution is -2.28. The minimum atomic E-state index is -0.748. The van der Waals surface area contributed by atoms with E-state index in [0.717, 1.165) is 11.6 Å². The van der Waals surface area contributed by atoms with Crippen LogP contribution in [0, 0.1) is 12.7 Å². The molecule has 1 N–H and O–H groups in total. The van der Waals surface area contributed by atoms with E-state index >= 15 is 0 Å². The molecule has 0 aliphatic carbocycles. The molecule has 6 heteroatoms. The van der Waals surface area contributed by atoms with Crippen LogP contribution in [-0.2, 0) is 16.1 Å². The minimum absolute atomic E-state index is 0.0655. The fourth-order valence-corrected chi connectivity index (χ4v) is 2.05. The van der Waals surface area contributed by atoms with Crippen LogP contribution in [0.4, 0.5) is 4.39 Å². The predicted molar refractivity (Wildman–Crippen MR) is 84.7 cm³/mol. The normalized spacial score (nSPS) is 10.2. The second kappa shape index (κ2) is 7.74. The summed E-state index contributed by atoms with van der Waals surface area (Å²) in [6, 6.07) is 11.1. The van der Waals surface area contributed by atoms with E-state index in [1.807, 2.05) is 6.07 Å². The maximum absolute atomic E-state index is 13.4. The van der Waals surface area contributed by atoms with Gasteiger partial charge in [0.15, 0.2) is 6.61 Å². The number of amides is 1. The second-order valence-electron chi connectivity index (χ2n) is 4.95. The first-order valence-corrected chi connectivity index (χ1v) is 7.28. The number of esters is 1. The molecular formula is C17H15ClFNO3. The molecule has 0 saturated heterocycles. The Balaban J connectivity index is 1.81. The topological polar surface area (TPSA) is 55.4 Å². The summed E-state index contributed by atoms with van der Waals surface area (Å²) in [4.78, 5) is 23.4. The Bertz CT molecular complexity index is 734. The van der Waals surface area contributed by atoms with Crippen molar-refractivity contribution in [2.24, 2.45) is 0 Å². The third-order valence-electron chi connectivity index (χ3n) is 3.12. The van der Waals surface area contributed by atoms with Gasteiger partial charge in [-0.25, -0.2) is 9.18 Å². The number of nitrogens with one attached hydrogen (secondary N) is 1. The fourth-order valence-electron chi connectivity index (χ4n) is 1.83. The summed E-state index contributed by atoms with van der Waals surface area (Å²) in [6.07, 6.45) is 0. The molecule has 120 valence electrons. The van der Waals surface area contributed by atoms with Crippen LogP contribution in [-0.4, -0.2) is 18.5 Å². The summed E-state index contributed by atoms with van der Waals surface area (Å²) in [5.74, 6) is -1.70. The van der Waals surface area contributed by atoms with Crippen molar-refractivity contribution in [3.8, 4) is 0 Å². The third-order valence-corrected chi connectivity index (χ3v) is 3.36. The van der Waals surface area contributed by atoms with Gasteiger partial charge >= 0.3 is 5.97 Å². The van der Waals surface area contributed by atoms with E-state index in [1.54, 1.807) is 25.1 Å². The van der Waals surface area contributed by atoms with Crippen LogP contribution < -0.4 is 5.32 Å². The lowest BCUT2D eigenvalue weighted by Gasteiger charge is -2.07. The van der Waals surface area contributed by atoms with Crippen LogP contribution in [0.5, 0.6) is 0 Å². The summed E-state index contributed by atoms with van der Waals surface area (Å²) >= 11 is 5.84. The summed E-state index contributed by atoms with van der Waals surface area (Å²) in [5, 5.41) is 3.18. The number of hydrogen-bond donors (Lipinski definition) is 1. The lowest BCUT2D eigenvalue weighted by atomic mass is 10.1. The predicted octanol–water partition coefficient (Wildman–Crippen LogP) is 3.26. The van der Waals surface area contributed by atoms with E-state index in [-0.39, 0.29) is 12.1 Å². The van der Waals surface area contributed by atoms with Gasteiger partial charge in [0.2, 0.25) is 0 Å². The molecule has 2 rings (SSSR count). The summed E-state index contributed by atoms with van der Waals surface area (Å²) in [7, 11) is 0. The molecule has 0 heterocycles. The summed E-state index contributed by atoms with van der Waals surface area (Å²) < 4.78 is 18.2. The number of hydrogen-bond acceptors (Lipinski definition) is 3. The highest BCUT2D eigenvalue weighted by Gasteiger charge is 2.11. The Morgan fingerprint density at radius 2 is 2.00 bits per heavy atom. The zero-order chi connectivity index (χ0) is 16.8. The first-order chi connectivity index (χ1) is 11.0. The van der Waals surface area contributed by atoms with Crippen LogP contribution in [0.25, 0.3) is 0 Å². The molecule has 0 aromatic heterocycles. The third kappa shape index (κ3) is 5.07. The number of aryl methyl sites for hydroxylation is 1. The summed E-state index contributed by atoms with van der Waals surface area (Å²) in [6.45, 7) is 1.43. The number of benzene rings is 2. The van der Waals surface area contributed by atoms with E-state index in [9.17, 15) is 14.0 Å². The molecule has 0 atom stereocenters. The fraction of sp³-hybridized carbons (Fsp3) is 0.176. The minimum Gasteiger partial charge on any atom is -0.452 e. The van der Waals surface area contributed by atoms with Crippen LogP contribution in [0.2, 0.25) is 5.02 Å². The number of carbonyl (C=O) groups is 2. The van der Waals surface area contributed by atoms with Crippen molar-refractivity contribution in [3.05, 3.63) is 70.0 Å². The maximum Gasteiger partial charge on any atom is 0.338 e. The van der Waals surface area contributed by atoms with Crippen LogP contribution >= 0.6 is 11.6 Å². The van der Waals surface area contributed by atoms with Gasteiger partial charge < -0.3 is 10.1 Å². The van der Waals surface area contributed by atoms with E-state index < -0.39 is 24.3 Å². The molecule has 1 amide bonds. The number of halogens is 2. The Kier molecular flexibility index (Phi) is 5.71. The first-order valence-electron chi connectivity index (χ1n) is 6.90. The van der Waals surface area contributed by atoms with Crippen LogP contribution in [0.3, 0.4) is 0 Å². The van der Waals surface area contributed by atoms with Gasteiger partial charge in [-0.05, 0) is 42.3 Å². The van der Waals surface area contributed by atoms with Gasteiger partial charge in [-0.1, -0.05) is 29.8 Å². The van der Waals surface area contributed by atoms with Crippen molar-refractivity contribution < 1.29 is 18.7 Å². The summed E-state index contributed by atoms with van der Waals surface area (Å²) in [5.41, 5.74) is 1.33. The van der Waals surface area contributed by atoms with Gasteiger partial charge in [0.25, 0.3) is 5.91 Å². The number of carbonyl (C=O) groups excluding carboxylic acids is 2. The Morgan fingerprint density at radius 3 is 2.70 bits per heavy atom. The zero-order valence-electron chi connectivity index (χ0n) is 12.4. The quantitative estimate of drug-likeness (QED) is 0.853. The van der Waals surface area contributed by atoms with Gasteiger partial charge in [-0.15, -0.1) is 0 Å². The van der Waals surface area contributed by atoms with Crippen molar-refractivity contribution in [2.45, 2.75) is 13.5 Å². The molecule has 0 aliphatic rings. The Hall–Kier alpha value is -2.40. The van der Waals surface area contributed by atoms with Crippen LogP contribution in [0.15, 0.2) is 42.5 Å². The van der Waals surface area contributed by atoms with Crippen molar-refractivity contribution in [3.63, 3.8) is 0 Å². The largest absolute Gasteiger partial charge is 0.452 e. The van der Waals surface area contributed by atoms with Crippen molar-refractivity contribution in [1.82, 2.24) is 5.32 Å². The van der Waals surface area contributed by atoms with Crippen molar-refractivity contribution in [2.75, 3.05) is 6.61 Å². The maximum atomic E-state index is 13.4. The average molecular weight is 336 g/mol. The van der Waals surface area contributed by atoms with Gasteiger partial charge in [0.1, 0.15) is 5.82 Å². The lowest BCUT2D eigenvalue weighted by molar-refractivity contribution is -0.124. The van der Waals surface area contributed by atoms with Gasteiger partial charge in [0, 0.05) is 11.6 Å². The molecule has 0 bridgehead atoms. The Labute approximate surface area is 138 Å². The molecule has 0 aliphatic heterocycles. The standard InChI is InChI=1S/C17H15ClFNO3/c1-11-5-6-13(8-15(11)19)17(22)23-10-16(21)20-9-12-3-2-4-14(18)7-12/h2-8H,9-10H2,1H3,(H,20,21). The average Bonchev–Trinajstić information content (AvgIpc) is 2.53. The van der Waals surface area contributed by atoms with Crippen LogP contribution in [0.1, 0.15) is 21.5 Å². The molecule has 0 unspecified atom stereocenters. The van der Waals surface area contributed by atoms with Crippen molar-refractivity contribution >= 4 is 23.5 Å². The molecule has 0 radical (unpaired) electrons. The molecule has 0 fully saturated rings. The molecule has 23 heavy (non-hydrogen) atoms. The second-order valence-corrected chi connectivity index (χ2v) is 5.38. The van der Waals surface area contributed by atoms with E-state index in [2.05, 4.69) is 5.32 Å². The molecule has 2 aromatic carbocycles. The molecule has 0 spiro atoms. The molecule has 4 nitrogen and oxygen atoms in total. The highest BCUT2D eigenvalue weighted by atomic mass is 35.5. The molecule has 2 aromatic rings. The highest BCUT2D eigenvalue weighted by Crippen LogP contribution is 2.11. The molecular weight excluding hydrogens is 321 g/mol. The van der Waals surface area contributed by atoms with E-state index in [1.165, 1.54) is 12.1 Å². The number of rotatable bonds is 5. The zero-order valence-corrected chi connectivity index (χ0v) is 13.2. The Morgan fingerprint density at radius 1 is 1.22 bits per heavy atom. The van der Waals surface area contributed by atoms with E-state index in [0.29, 0.717) is 10.6 Å². The van der Waals surface area contributed by atoms with Gasteiger partial charge in [-0.3, -0.25) is 4.79 Å². The van der Waals surface area contributed by atoms with Crippen molar-refractivity contribution in [1.29, 1.82) is 0 Å². The number of ether oxygens (including phenoxy) is 1. The first kappa shape index (κ1) is 17.0. The molecule has 0 saturated carbocycles. The SMILES string of the molecule is Cc1ccc(C(=O)OCC(=O)NCc2cccc(Cl)c2)cc1F.